The molecule has 0 aromatic carbocycles. The van der Waals surface area contributed by atoms with Crippen molar-refractivity contribution in [3.63, 3.8) is 0 Å². The van der Waals surface area contributed by atoms with Crippen molar-refractivity contribution >= 4 is 28.0 Å². The van der Waals surface area contributed by atoms with E-state index in [1.807, 2.05) is 0 Å². The zero-order valence-corrected chi connectivity index (χ0v) is 11.3. The van der Waals surface area contributed by atoms with Crippen molar-refractivity contribution in [2.75, 3.05) is 0 Å². The van der Waals surface area contributed by atoms with E-state index in [0.29, 0.717) is 0 Å². The van der Waals surface area contributed by atoms with Crippen molar-refractivity contribution in [2.24, 2.45) is 0 Å². The first-order valence-electron chi connectivity index (χ1n) is 3.53. The van der Waals surface area contributed by atoms with E-state index in [0.717, 1.165) is 6.92 Å². The number of carbonyl (C=O) groups excluding carboxylic acids is 3. The Kier molecular flexibility index (Phi) is 7.79. The summed E-state index contributed by atoms with van der Waals surface area (Å²) in [6.45, 7) is 0.817. The number of carbonyl (C=O) groups is 3. The van der Waals surface area contributed by atoms with Gasteiger partial charge in [-0.2, -0.15) is 8.42 Å². The summed E-state index contributed by atoms with van der Waals surface area (Å²) in [5.41, 5.74) is 0. The summed E-state index contributed by atoms with van der Waals surface area (Å²) in [6, 6.07) is 0. The average molecular weight is 262 g/mol. The summed E-state index contributed by atoms with van der Waals surface area (Å²) >= 11 is 0. The van der Waals surface area contributed by atoms with Crippen LogP contribution in [0.5, 0.6) is 0 Å². The molecule has 0 saturated heterocycles. The molecule has 1 unspecified atom stereocenters. The predicted octanol–water partition coefficient (Wildman–Crippen LogP) is -5.52. The Morgan fingerprint density at radius 2 is 1.81 bits per heavy atom. The molecule has 10 heteroatoms. The number of hydrogen-bond donors (Lipinski definition) is 1. The fourth-order valence-corrected chi connectivity index (χ4v) is 1.31. The molecule has 0 fully saturated rings. The van der Waals surface area contributed by atoms with Crippen molar-refractivity contribution in [1.82, 2.24) is 0 Å². The second-order valence-corrected chi connectivity index (χ2v) is 4.09. The molecule has 0 aromatic rings. The van der Waals surface area contributed by atoms with Gasteiger partial charge in [-0.15, -0.1) is 0 Å². The van der Waals surface area contributed by atoms with Crippen molar-refractivity contribution in [1.29, 1.82) is 0 Å². The van der Waals surface area contributed by atoms with Crippen LogP contribution in [0.1, 0.15) is 13.3 Å². The Morgan fingerprint density at radius 3 is 2.06 bits per heavy atom. The third-order valence-corrected chi connectivity index (χ3v) is 2.30. The SMILES string of the molecule is CC(=O)OC(=O)C(CC(=O)[O-])S(=O)(=O)O.[Na+]. The number of carboxylic acid groups (broad SMARTS) is 1. The van der Waals surface area contributed by atoms with Gasteiger partial charge in [0.2, 0.25) is 0 Å². The first kappa shape index (κ1) is 17.9. The fourth-order valence-electron chi connectivity index (χ4n) is 0.669. The van der Waals surface area contributed by atoms with Crippen LogP contribution in [-0.2, 0) is 29.2 Å². The van der Waals surface area contributed by atoms with E-state index in [1.165, 1.54) is 0 Å². The summed E-state index contributed by atoms with van der Waals surface area (Å²) in [5.74, 6) is -4.65. The number of esters is 2. The summed E-state index contributed by atoms with van der Waals surface area (Å²) < 4.78 is 33.4. The molecule has 0 aliphatic rings. The van der Waals surface area contributed by atoms with Crippen LogP contribution in [-0.4, -0.2) is 36.1 Å². The van der Waals surface area contributed by atoms with E-state index in [2.05, 4.69) is 4.74 Å². The van der Waals surface area contributed by atoms with Crippen LogP contribution in [0.3, 0.4) is 0 Å². The first-order valence-corrected chi connectivity index (χ1v) is 5.03. The summed E-state index contributed by atoms with van der Waals surface area (Å²) in [6.07, 6.45) is -1.29. The molecule has 0 amide bonds. The first-order chi connectivity index (χ1) is 6.64. The van der Waals surface area contributed by atoms with E-state index in [4.69, 9.17) is 4.55 Å². The third-order valence-electron chi connectivity index (χ3n) is 1.22. The molecule has 0 rings (SSSR count). The van der Waals surface area contributed by atoms with Crippen molar-refractivity contribution in [3.05, 3.63) is 0 Å². The van der Waals surface area contributed by atoms with E-state index >= 15 is 0 Å². The largest absolute Gasteiger partial charge is 1.00 e. The quantitative estimate of drug-likeness (QED) is 0.229. The van der Waals surface area contributed by atoms with Gasteiger partial charge in [0, 0.05) is 19.3 Å². The van der Waals surface area contributed by atoms with Crippen molar-refractivity contribution in [2.45, 2.75) is 18.6 Å². The van der Waals surface area contributed by atoms with Gasteiger partial charge in [-0.1, -0.05) is 0 Å². The molecule has 0 aliphatic carbocycles. The van der Waals surface area contributed by atoms with Crippen LogP contribution in [0.25, 0.3) is 0 Å². The zero-order chi connectivity index (χ0) is 12.2. The topological polar surface area (TPSA) is 138 Å². The maximum absolute atomic E-state index is 10.9. The van der Waals surface area contributed by atoms with Crippen LogP contribution in [0.2, 0.25) is 0 Å². The van der Waals surface area contributed by atoms with Crippen molar-refractivity contribution < 1.29 is 66.8 Å². The van der Waals surface area contributed by atoms with Gasteiger partial charge in [0.1, 0.15) is 0 Å². The number of carboxylic acids is 1. The van der Waals surface area contributed by atoms with Crippen LogP contribution in [0, 0.1) is 0 Å². The predicted molar refractivity (Wildman–Crippen MR) is 41.7 cm³/mol. The Labute approximate surface area is 113 Å². The van der Waals surface area contributed by atoms with Crippen LogP contribution in [0.4, 0.5) is 0 Å². The minimum atomic E-state index is -4.95. The Morgan fingerprint density at radius 1 is 1.38 bits per heavy atom. The van der Waals surface area contributed by atoms with E-state index in [9.17, 15) is 27.9 Å². The number of aliphatic carboxylic acids is 1. The maximum atomic E-state index is 10.9. The van der Waals surface area contributed by atoms with Gasteiger partial charge >= 0.3 is 41.5 Å². The molecule has 8 nitrogen and oxygen atoms in total. The molecule has 0 aromatic heterocycles. The molecule has 0 spiro atoms. The number of ether oxygens (including phenoxy) is 1. The molecule has 86 valence electrons. The van der Waals surface area contributed by atoms with Crippen LogP contribution < -0.4 is 34.7 Å². The van der Waals surface area contributed by atoms with E-state index in [1.54, 1.807) is 0 Å². The standard InChI is InChI=1S/C6H8O8S.Na/c1-3(7)14-6(10)4(2-5(8)9)15(11,12)13;/h4H,2H2,1H3,(H,8,9)(H,11,12,13);/q;+1/p-1. The Bertz CT molecular complexity index is 385. The van der Waals surface area contributed by atoms with Gasteiger partial charge in [-0.05, 0) is 0 Å². The summed E-state index contributed by atoms with van der Waals surface area (Å²) in [7, 11) is -4.95. The maximum Gasteiger partial charge on any atom is 1.00 e. The number of hydrogen-bond acceptors (Lipinski definition) is 7. The van der Waals surface area contributed by atoms with Crippen LogP contribution >= 0.6 is 0 Å². The van der Waals surface area contributed by atoms with Gasteiger partial charge < -0.3 is 14.6 Å². The van der Waals surface area contributed by atoms with Gasteiger partial charge in [0.15, 0.2) is 5.25 Å². The molecule has 1 atom stereocenters. The summed E-state index contributed by atoms with van der Waals surface area (Å²) in [5, 5.41) is 7.71. The molecule has 0 heterocycles. The van der Waals surface area contributed by atoms with Crippen LogP contribution in [0.15, 0.2) is 0 Å². The molecule has 0 aliphatic heterocycles. The minimum absolute atomic E-state index is 0. The van der Waals surface area contributed by atoms with Crippen molar-refractivity contribution in [3.8, 4) is 0 Å². The zero-order valence-electron chi connectivity index (χ0n) is 8.50. The molecule has 0 bridgehead atoms. The molecule has 1 N–H and O–H groups in total. The molecular weight excluding hydrogens is 255 g/mol. The van der Waals surface area contributed by atoms with Gasteiger partial charge in [0.05, 0.1) is 0 Å². The second-order valence-electron chi connectivity index (χ2n) is 2.49. The van der Waals surface area contributed by atoms with Gasteiger partial charge in [0.25, 0.3) is 10.1 Å². The van der Waals surface area contributed by atoms with Gasteiger partial charge in [-0.25, -0.2) is 0 Å². The average Bonchev–Trinajstić information content (AvgIpc) is 1.95. The number of rotatable bonds is 4. The molecule has 16 heavy (non-hydrogen) atoms. The smallest absolute Gasteiger partial charge is 0.550 e. The minimum Gasteiger partial charge on any atom is -0.550 e. The Hall–Kier alpha value is -0.480. The molecule has 0 saturated carbocycles. The Balaban J connectivity index is 0. The van der Waals surface area contributed by atoms with E-state index in [-0.39, 0.29) is 29.6 Å². The summed E-state index contributed by atoms with van der Waals surface area (Å²) in [4.78, 5) is 31.2. The monoisotopic (exact) mass is 262 g/mol. The fraction of sp³-hybridized carbons (Fsp3) is 0.500. The molecule has 0 radical (unpaired) electrons. The normalized spacial score (nSPS) is 12.1. The third kappa shape index (κ3) is 6.90. The van der Waals surface area contributed by atoms with Gasteiger partial charge in [-0.3, -0.25) is 14.1 Å². The molecular formula is C6H7NaO8S. The van der Waals surface area contributed by atoms with E-state index < -0.39 is 39.7 Å². The second kappa shape index (κ2) is 6.97.